The minimum Gasteiger partial charge on any atom is -0.508 e. The van der Waals surface area contributed by atoms with Crippen molar-refractivity contribution in [2.75, 3.05) is 0 Å². The van der Waals surface area contributed by atoms with E-state index in [1.54, 1.807) is 0 Å². The van der Waals surface area contributed by atoms with E-state index >= 15 is 0 Å². The van der Waals surface area contributed by atoms with Crippen LogP contribution in [0.1, 0.15) is 11.4 Å². The lowest BCUT2D eigenvalue weighted by Crippen LogP contribution is -1.96. The second-order valence-electron chi connectivity index (χ2n) is 3.04. The number of nitrogens with zero attached hydrogens (tertiary/aromatic N) is 3. The molecule has 5 heteroatoms. The van der Waals surface area contributed by atoms with Crippen LogP contribution in [0.4, 0.5) is 0 Å². The number of aromatic nitrogens is 3. The van der Waals surface area contributed by atoms with Gasteiger partial charge in [0.2, 0.25) is 0 Å². The van der Waals surface area contributed by atoms with Crippen LogP contribution in [0, 0.1) is 0 Å². The van der Waals surface area contributed by atoms with Crippen LogP contribution >= 0.6 is 0 Å². The van der Waals surface area contributed by atoms with Crippen molar-refractivity contribution < 1.29 is 10.2 Å². The van der Waals surface area contributed by atoms with Crippen molar-refractivity contribution in [2.45, 2.75) is 6.42 Å². The lowest BCUT2D eigenvalue weighted by Gasteiger charge is -2.03. The molecule has 0 saturated carbocycles. The van der Waals surface area contributed by atoms with Crippen LogP contribution in [0.5, 0.6) is 11.5 Å². The molecule has 2 aromatic rings. The summed E-state index contributed by atoms with van der Waals surface area (Å²) in [5.74, 6) is 0.774. The van der Waals surface area contributed by atoms with Gasteiger partial charge < -0.3 is 10.2 Å². The lowest BCUT2D eigenvalue weighted by molar-refractivity contribution is 0.455. The molecule has 0 amide bonds. The Morgan fingerprint density at radius 1 is 1.07 bits per heavy atom. The van der Waals surface area contributed by atoms with Crippen LogP contribution < -0.4 is 0 Å². The molecule has 0 fully saturated rings. The molecule has 1 aromatic carbocycles. The number of rotatable bonds is 2. The predicted molar refractivity (Wildman–Crippen MR) is 52.4 cm³/mol. The maximum Gasteiger partial charge on any atom is 0.136 e. The molecule has 0 unspecified atom stereocenters. The topological polar surface area (TPSA) is 79.1 Å². The van der Waals surface area contributed by atoms with Crippen LogP contribution in [0.2, 0.25) is 0 Å². The number of aromatic hydroxyl groups is 2. The predicted octanol–water partition coefficient (Wildman–Crippen LogP) is 0.874. The van der Waals surface area contributed by atoms with Gasteiger partial charge in [-0.2, -0.15) is 0 Å². The molecule has 0 spiro atoms. The van der Waals surface area contributed by atoms with E-state index in [2.05, 4.69) is 15.0 Å². The second kappa shape index (κ2) is 3.91. The number of hydrogen-bond acceptors (Lipinski definition) is 5. The van der Waals surface area contributed by atoms with E-state index < -0.39 is 0 Å². The zero-order valence-corrected chi connectivity index (χ0v) is 7.83. The first-order valence-corrected chi connectivity index (χ1v) is 4.37. The van der Waals surface area contributed by atoms with Crippen molar-refractivity contribution in [3.8, 4) is 11.5 Å². The van der Waals surface area contributed by atoms with E-state index in [1.165, 1.54) is 30.9 Å². The van der Waals surface area contributed by atoms with Crippen LogP contribution in [-0.2, 0) is 6.42 Å². The van der Waals surface area contributed by atoms with Crippen LogP contribution in [-0.4, -0.2) is 25.2 Å². The Morgan fingerprint density at radius 2 is 1.80 bits per heavy atom. The van der Waals surface area contributed by atoms with E-state index in [-0.39, 0.29) is 11.5 Å². The van der Waals surface area contributed by atoms with Gasteiger partial charge in [-0.05, 0) is 18.2 Å². The first-order chi connectivity index (χ1) is 7.25. The van der Waals surface area contributed by atoms with E-state index in [0.29, 0.717) is 17.8 Å². The highest BCUT2D eigenvalue weighted by Crippen LogP contribution is 2.23. The standard InChI is InChI=1S/C10H9N3O2/c14-8-1-2-9(15)7(3-8)4-10-12-5-11-6-13-10/h1-3,5-6,14-15H,4H2. The Balaban J connectivity index is 2.28. The number of phenolic OH excluding ortho intramolecular Hbond substituents is 2. The van der Waals surface area contributed by atoms with E-state index in [1.807, 2.05) is 0 Å². The third-order valence-electron chi connectivity index (χ3n) is 1.96. The zero-order chi connectivity index (χ0) is 10.7. The fourth-order valence-corrected chi connectivity index (χ4v) is 1.24. The molecule has 15 heavy (non-hydrogen) atoms. The van der Waals surface area contributed by atoms with Crippen molar-refractivity contribution in [2.24, 2.45) is 0 Å². The maximum absolute atomic E-state index is 9.51. The molecule has 2 rings (SSSR count). The molecule has 76 valence electrons. The molecule has 5 nitrogen and oxygen atoms in total. The number of benzene rings is 1. The summed E-state index contributed by atoms with van der Waals surface area (Å²) in [6, 6.07) is 4.34. The Bertz CT molecular complexity index is 459. The summed E-state index contributed by atoms with van der Waals surface area (Å²) in [5.41, 5.74) is 0.584. The molecule has 0 atom stereocenters. The number of phenols is 2. The first-order valence-electron chi connectivity index (χ1n) is 4.37. The van der Waals surface area contributed by atoms with Crippen LogP contribution in [0.15, 0.2) is 30.9 Å². The molecule has 0 aliphatic carbocycles. The SMILES string of the molecule is Oc1ccc(O)c(Cc2ncncn2)c1. The van der Waals surface area contributed by atoms with Gasteiger partial charge in [-0.15, -0.1) is 0 Å². The Labute approximate surface area is 86.1 Å². The lowest BCUT2D eigenvalue weighted by atomic mass is 10.1. The molecular weight excluding hydrogens is 194 g/mol. The molecule has 1 heterocycles. The highest BCUT2D eigenvalue weighted by atomic mass is 16.3. The average molecular weight is 203 g/mol. The monoisotopic (exact) mass is 203 g/mol. The van der Waals surface area contributed by atoms with Crippen molar-refractivity contribution in [1.29, 1.82) is 0 Å². The molecule has 0 aliphatic heterocycles. The molecule has 1 aromatic heterocycles. The highest BCUT2D eigenvalue weighted by molar-refractivity contribution is 5.39. The van der Waals surface area contributed by atoms with Crippen molar-refractivity contribution in [1.82, 2.24) is 15.0 Å². The summed E-state index contributed by atoms with van der Waals surface area (Å²) in [4.78, 5) is 11.6. The average Bonchev–Trinajstić information content (AvgIpc) is 2.25. The van der Waals surface area contributed by atoms with Gasteiger partial charge >= 0.3 is 0 Å². The molecule has 0 radical (unpaired) electrons. The molecule has 2 N–H and O–H groups in total. The van der Waals surface area contributed by atoms with Gasteiger partial charge in [-0.3, -0.25) is 0 Å². The van der Waals surface area contributed by atoms with Gasteiger partial charge in [0.05, 0.1) is 0 Å². The van der Waals surface area contributed by atoms with Gasteiger partial charge in [0, 0.05) is 12.0 Å². The molecule has 0 saturated heterocycles. The molecular formula is C10H9N3O2. The number of hydrogen-bond donors (Lipinski definition) is 2. The summed E-state index contributed by atoms with van der Waals surface area (Å²) in [7, 11) is 0. The fraction of sp³-hybridized carbons (Fsp3) is 0.100. The summed E-state index contributed by atoms with van der Waals surface area (Å²) in [6.07, 6.45) is 3.15. The molecule has 0 bridgehead atoms. The fourth-order valence-electron chi connectivity index (χ4n) is 1.24. The van der Waals surface area contributed by atoms with Gasteiger partial charge in [-0.1, -0.05) is 0 Å². The van der Waals surface area contributed by atoms with E-state index in [4.69, 9.17) is 0 Å². The van der Waals surface area contributed by atoms with Gasteiger partial charge in [0.15, 0.2) is 0 Å². The summed E-state index contributed by atoms with van der Waals surface area (Å²) < 4.78 is 0. The largest absolute Gasteiger partial charge is 0.508 e. The highest BCUT2D eigenvalue weighted by Gasteiger charge is 2.05. The Hall–Kier alpha value is -2.17. The van der Waals surface area contributed by atoms with Gasteiger partial charge in [-0.25, -0.2) is 15.0 Å². The first kappa shape index (κ1) is 9.39. The summed E-state index contributed by atoms with van der Waals surface area (Å²) in [5, 5.41) is 18.8. The molecule has 0 aliphatic rings. The van der Waals surface area contributed by atoms with Crippen molar-refractivity contribution >= 4 is 0 Å². The Morgan fingerprint density at radius 3 is 2.53 bits per heavy atom. The van der Waals surface area contributed by atoms with Crippen LogP contribution in [0.3, 0.4) is 0 Å². The zero-order valence-electron chi connectivity index (χ0n) is 7.83. The van der Waals surface area contributed by atoms with Crippen molar-refractivity contribution in [3.05, 3.63) is 42.2 Å². The summed E-state index contributed by atoms with van der Waals surface area (Å²) in [6.45, 7) is 0. The van der Waals surface area contributed by atoms with E-state index in [0.717, 1.165) is 0 Å². The van der Waals surface area contributed by atoms with Crippen molar-refractivity contribution in [3.63, 3.8) is 0 Å². The maximum atomic E-state index is 9.51. The summed E-state index contributed by atoms with van der Waals surface area (Å²) >= 11 is 0. The van der Waals surface area contributed by atoms with Gasteiger partial charge in [0.1, 0.15) is 30.0 Å². The second-order valence-corrected chi connectivity index (χ2v) is 3.04. The minimum atomic E-state index is 0.108. The van der Waals surface area contributed by atoms with E-state index in [9.17, 15) is 10.2 Å². The third kappa shape index (κ3) is 2.19. The smallest absolute Gasteiger partial charge is 0.136 e. The Kier molecular flexibility index (Phi) is 2.45. The third-order valence-corrected chi connectivity index (χ3v) is 1.96. The normalized spacial score (nSPS) is 10.1. The van der Waals surface area contributed by atoms with Gasteiger partial charge in [0.25, 0.3) is 0 Å². The quantitative estimate of drug-likeness (QED) is 0.708. The minimum absolute atomic E-state index is 0.108. The van der Waals surface area contributed by atoms with Crippen LogP contribution in [0.25, 0.3) is 0 Å².